The third kappa shape index (κ3) is 7.24. The van der Waals surface area contributed by atoms with Gasteiger partial charge in [-0.25, -0.2) is 0 Å². The van der Waals surface area contributed by atoms with E-state index in [2.05, 4.69) is 24.8 Å². The Morgan fingerprint density at radius 2 is 1.86 bits per heavy atom. The Labute approximate surface area is 78.6 Å². The summed E-state index contributed by atoms with van der Waals surface area (Å²) in [4.78, 5) is 1.76. The van der Waals surface area contributed by atoms with Crippen LogP contribution in [0, 0.1) is 0 Å². The van der Waals surface area contributed by atoms with Crippen molar-refractivity contribution in [2.75, 3.05) is 14.1 Å². The average Bonchev–Trinajstić information content (AvgIpc) is 1.36. The molecule has 0 unspecified atom stereocenters. The molecule has 0 aliphatic heterocycles. The van der Waals surface area contributed by atoms with Gasteiger partial charge in [0, 0.05) is 14.1 Å². The summed E-state index contributed by atoms with van der Waals surface area (Å²) >= 11 is 8.46. The number of thiocarbonyl (C=S) groups is 1. The van der Waals surface area contributed by atoms with Gasteiger partial charge < -0.3 is 6.33 Å². The van der Waals surface area contributed by atoms with Crippen molar-refractivity contribution in [2.24, 2.45) is 0 Å². The zero-order valence-corrected chi connectivity index (χ0v) is 8.51. The van der Waals surface area contributed by atoms with Gasteiger partial charge in [0.05, 0.1) is 0 Å². The van der Waals surface area contributed by atoms with Crippen molar-refractivity contribution < 1.29 is 31.0 Å². The monoisotopic (exact) mass is 145 g/mol. The van der Waals surface area contributed by atoms with Crippen LogP contribution in [0.25, 0.3) is 0 Å². The van der Waals surface area contributed by atoms with Crippen LogP contribution in [0.2, 0.25) is 0 Å². The summed E-state index contributed by atoms with van der Waals surface area (Å²) in [6.45, 7) is 0. The second kappa shape index (κ2) is 5.38. The summed E-state index contributed by atoms with van der Waals surface area (Å²) in [5.41, 5.74) is 0. The van der Waals surface area contributed by atoms with Crippen LogP contribution in [0.5, 0.6) is 0 Å². The molecule has 0 atom stereocenters. The standard InChI is InChI=1S/C3H7NS2.Na.H/c1-4(2)3(5)6;;/h1-2H3,(H,5,6);;/q;+1;-1. The summed E-state index contributed by atoms with van der Waals surface area (Å²) in [7, 11) is 3.71. The molecule has 7 heavy (non-hydrogen) atoms. The molecular formula is C3H8NNaS2. The van der Waals surface area contributed by atoms with E-state index in [9.17, 15) is 0 Å². The Bertz CT molecular complexity index is 68.3. The molecule has 1 nitrogen and oxygen atoms in total. The van der Waals surface area contributed by atoms with Gasteiger partial charge in [-0.05, 0) is 0 Å². The number of hydrogen-bond acceptors (Lipinski definition) is 1. The molecule has 0 N–H and O–H groups in total. The molecule has 0 amide bonds. The SMILES string of the molecule is CN(C)C(=S)S.[H-].[Na+]. The van der Waals surface area contributed by atoms with Crippen LogP contribution in [-0.2, 0) is 0 Å². The third-order valence-electron chi connectivity index (χ3n) is 0.383. The van der Waals surface area contributed by atoms with Gasteiger partial charge in [-0.3, -0.25) is 0 Å². The molecule has 0 aromatic carbocycles. The van der Waals surface area contributed by atoms with Gasteiger partial charge in [0.15, 0.2) is 0 Å². The molecule has 0 saturated heterocycles. The van der Waals surface area contributed by atoms with Crippen molar-refractivity contribution in [1.82, 2.24) is 4.90 Å². The smallest absolute Gasteiger partial charge is 1.00 e. The third-order valence-corrected chi connectivity index (χ3v) is 1.15. The van der Waals surface area contributed by atoms with E-state index in [0.29, 0.717) is 4.32 Å². The van der Waals surface area contributed by atoms with Crippen molar-refractivity contribution >= 4 is 29.2 Å². The van der Waals surface area contributed by atoms with Gasteiger partial charge in [-0.2, -0.15) is 0 Å². The van der Waals surface area contributed by atoms with Crippen LogP contribution < -0.4 is 29.6 Å². The van der Waals surface area contributed by atoms with E-state index in [0.717, 1.165) is 0 Å². The molecule has 0 rings (SSSR count). The molecular weight excluding hydrogens is 137 g/mol. The fraction of sp³-hybridized carbons (Fsp3) is 0.667. The molecule has 0 radical (unpaired) electrons. The van der Waals surface area contributed by atoms with E-state index in [1.165, 1.54) is 0 Å². The minimum Gasteiger partial charge on any atom is -1.00 e. The Morgan fingerprint density at radius 1 is 1.71 bits per heavy atom. The Hall–Kier alpha value is 1.24. The Morgan fingerprint density at radius 3 is 1.86 bits per heavy atom. The fourth-order valence-corrected chi connectivity index (χ4v) is 0. The maximum absolute atomic E-state index is 4.61. The molecule has 0 spiro atoms. The van der Waals surface area contributed by atoms with Crippen molar-refractivity contribution in [2.45, 2.75) is 0 Å². The van der Waals surface area contributed by atoms with Gasteiger partial charge in [-0.15, -0.1) is 12.6 Å². The van der Waals surface area contributed by atoms with Crippen molar-refractivity contribution in [1.29, 1.82) is 0 Å². The van der Waals surface area contributed by atoms with Gasteiger partial charge in [0.1, 0.15) is 4.32 Å². The topological polar surface area (TPSA) is 3.24 Å². The Kier molecular flexibility index (Phi) is 8.52. The second-order valence-corrected chi connectivity index (χ2v) is 2.29. The molecule has 0 aliphatic carbocycles. The molecule has 0 aromatic heterocycles. The van der Waals surface area contributed by atoms with Gasteiger partial charge in [-0.1, -0.05) is 12.2 Å². The van der Waals surface area contributed by atoms with Crippen LogP contribution in [0.1, 0.15) is 1.43 Å². The normalized spacial score (nSPS) is 6.71. The van der Waals surface area contributed by atoms with E-state index in [1.807, 2.05) is 14.1 Å². The number of hydrogen-bond donors (Lipinski definition) is 1. The molecule has 38 valence electrons. The summed E-state index contributed by atoms with van der Waals surface area (Å²) < 4.78 is 0.620. The van der Waals surface area contributed by atoms with Gasteiger partial charge >= 0.3 is 29.6 Å². The summed E-state index contributed by atoms with van der Waals surface area (Å²) in [6.07, 6.45) is 0. The van der Waals surface area contributed by atoms with Crippen LogP contribution in [0.15, 0.2) is 0 Å². The van der Waals surface area contributed by atoms with E-state index in [1.54, 1.807) is 4.90 Å². The van der Waals surface area contributed by atoms with Crippen molar-refractivity contribution in [3.8, 4) is 0 Å². The molecule has 4 heteroatoms. The van der Waals surface area contributed by atoms with Crippen LogP contribution >= 0.6 is 24.8 Å². The second-order valence-electron chi connectivity index (χ2n) is 1.18. The molecule has 0 bridgehead atoms. The summed E-state index contributed by atoms with van der Waals surface area (Å²) in [6, 6.07) is 0. The molecule has 0 aromatic rings. The molecule has 0 saturated carbocycles. The fourth-order valence-electron chi connectivity index (χ4n) is 0. The first-order valence-corrected chi connectivity index (χ1v) is 2.40. The van der Waals surface area contributed by atoms with Gasteiger partial charge in [0.2, 0.25) is 0 Å². The zero-order chi connectivity index (χ0) is 5.15. The van der Waals surface area contributed by atoms with Crippen LogP contribution in [0.4, 0.5) is 0 Å². The number of thiol groups is 1. The maximum atomic E-state index is 4.61. The minimum atomic E-state index is 0. The van der Waals surface area contributed by atoms with Crippen molar-refractivity contribution in [3.63, 3.8) is 0 Å². The first kappa shape index (κ1) is 11.1. The maximum Gasteiger partial charge on any atom is 1.00 e. The minimum absolute atomic E-state index is 0. The largest absolute Gasteiger partial charge is 1.00 e. The van der Waals surface area contributed by atoms with E-state index in [-0.39, 0.29) is 31.0 Å². The number of rotatable bonds is 0. The summed E-state index contributed by atoms with van der Waals surface area (Å²) in [5.74, 6) is 0. The van der Waals surface area contributed by atoms with Gasteiger partial charge in [0.25, 0.3) is 0 Å². The first-order valence-electron chi connectivity index (χ1n) is 1.55. The van der Waals surface area contributed by atoms with E-state index >= 15 is 0 Å². The first-order chi connectivity index (χ1) is 2.64. The number of nitrogens with zero attached hydrogens (tertiary/aromatic N) is 1. The van der Waals surface area contributed by atoms with Crippen LogP contribution in [-0.4, -0.2) is 23.3 Å². The van der Waals surface area contributed by atoms with Crippen molar-refractivity contribution in [3.05, 3.63) is 0 Å². The quantitative estimate of drug-likeness (QED) is 0.236. The van der Waals surface area contributed by atoms with E-state index in [4.69, 9.17) is 0 Å². The summed E-state index contributed by atoms with van der Waals surface area (Å²) in [5, 5.41) is 0. The van der Waals surface area contributed by atoms with Crippen LogP contribution in [0.3, 0.4) is 0 Å². The van der Waals surface area contributed by atoms with E-state index < -0.39 is 0 Å². The molecule has 0 heterocycles. The molecule has 0 aliphatic rings. The molecule has 0 fully saturated rings. The average molecular weight is 145 g/mol. The predicted molar refractivity (Wildman–Crippen MR) is 36.4 cm³/mol. The Balaban J connectivity index is -0.000000125. The predicted octanol–water partition coefficient (Wildman–Crippen LogP) is -2.12. The zero-order valence-electron chi connectivity index (χ0n) is 5.80.